The second-order valence-corrected chi connectivity index (χ2v) is 13.6. The third-order valence-corrected chi connectivity index (χ3v) is 10.9. The molecule has 0 aliphatic heterocycles. The Kier molecular flexibility index (Phi) is 5.20. The van der Waals surface area contributed by atoms with Gasteiger partial charge in [-0.25, -0.2) is 4.98 Å². The van der Waals surface area contributed by atoms with Gasteiger partial charge in [-0.15, -0.1) is 0 Å². The number of nitrogens with zero attached hydrogens (tertiary/aromatic N) is 4. The molecule has 0 aliphatic carbocycles. The predicted molar refractivity (Wildman–Crippen MR) is 212 cm³/mol. The first-order valence-electron chi connectivity index (χ1n) is 17.4. The Morgan fingerprint density at radius 1 is 0.314 bits per heavy atom. The second kappa shape index (κ2) is 9.84. The molecule has 0 unspecified atom stereocenters. The van der Waals surface area contributed by atoms with E-state index in [1.54, 1.807) is 0 Å². The van der Waals surface area contributed by atoms with Crippen LogP contribution < -0.4 is 0 Å². The smallest absolute Gasteiger partial charge is 0.238 e. The molecule has 0 amide bonds. The number of rotatable bonds is 3. The van der Waals surface area contributed by atoms with Crippen LogP contribution in [0.1, 0.15) is 0 Å². The van der Waals surface area contributed by atoms with Gasteiger partial charge in [-0.1, -0.05) is 133 Å². The van der Waals surface area contributed by atoms with E-state index in [-0.39, 0.29) is 0 Å². The molecule has 51 heavy (non-hydrogen) atoms. The van der Waals surface area contributed by atoms with Crippen LogP contribution in [-0.4, -0.2) is 19.5 Å². The minimum Gasteiger partial charge on any atom is -0.278 e. The largest absolute Gasteiger partial charge is 0.278 e. The van der Waals surface area contributed by atoms with Crippen LogP contribution in [0.2, 0.25) is 0 Å². The van der Waals surface area contributed by atoms with E-state index >= 15 is 0 Å². The van der Waals surface area contributed by atoms with Crippen molar-refractivity contribution >= 4 is 86.4 Å². The summed E-state index contributed by atoms with van der Waals surface area (Å²) in [5.74, 6) is 1.90. The Bertz CT molecular complexity index is 3280. The molecule has 234 valence electrons. The van der Waals surface area contributed by atoms with Gasteiger partial charge < -0.3 is 0 Å². The van der Waals surface area contributed by atoms with Crippen LogP contribution in [0.25, 0.3) is 115 Å². The van der Waals surface area contributed by atoms with Gasteiger partial charge in [0.05, 0.1) is 11.0 Å². The summed E-state index contributed by atoms with van der Waals surface area (Å²) in [6.45, 7) is 0. The molecule has 4 heteroatoms. The summed E-state index contributed by atoms with van der Waals surface area (Å²) in [5, 5.41) is 17.4. The number of hydrogen-bond donors (Lipinski definition) is 0. The highest BCUT2D eigenvalue weighted by Crippen LogP contribution is 2.49. The Labute approximate surface area is 291 Å². The molecule has 12 aromatic rings. The fourth-order valence-corrected chi connectivity index (χ4v) is 8.68. The predicted octanol–water partition coefficient (Wildman–Crippen LogP) is 12.1. The minimum absolute atomic E-state index is 0.607. The van der Waals surface area contributed by atoms with Crippen LogP contribution in [0, 0.1) is 0 Å². The number of benzene rings is 10. The van der Waals surface area contributed by atoms with Gasteiger partial charge in [-0.2, -0.15) is 9.97 Å². The lowest BCUT2D eigenvalue weighted by Crippen LogP contribution is -2.06. The third kappa shape index (κ3) is 3.65. The van der Waals surface area contributed by atoms with E-state index in [2.05, 4.69) is 162 Å². The zero-order valence-electron chi connectivity index (χ0n) is 27.3. The van der Waals surface area contributed by atoms with Gasteiger partial charge in [0.1, 0.15) is 0 Å². The number of aromatic nitrogens is 4. The molecule has 0 atom stereocenters. The SMILES string of the molecule is c1ccc2cc(-c3nc(-c4ccc5ccccc5c4)nc(-n4c5cccc6c7cccc8c9ccccc9c9ccc4c(c9c87)c65)n3)ccc2c1. The molecule has 0 spiro atoms. The van der Waals surface area contributed by atoms with E-state index in [4.69, 9.17) is 15.0 Å². The quantitative estimate of drug-likeness (QED) is 0.142. The van der Waals surface area contributed by atoms with Crippen LogP contribution in [0.5, 0.6) is 0 Å². The van der Waals surface area contributed by atoms with Crippen LogP contribution in [-0.2, 0) is 0 Å². The van der Waals surface area contributed by atoms with Crippen molar-refractivity contribution in [2.24, 2.45) is 0 Å². The Hall–Kier alpha value is -6.91. The molecule has 0 radical (unpaired) electrons. The Morgan fingerprint density at radius 3 is 1.45 bits per heavy atom. The monoisotopic (exact) mass is 646 g/mol. The molecular weight excluding hydrogens is 621 g/mol. The van der Waals surface area contributed by atoms with Crippen LogP contribution in [0.3, 0.4) is 0 Å². The fourth-order valence-electron chi connectivity index (χ4n) is 8.68. The normalized spacial score (nSPS) is 12.3. The molecule has 0 fully saturated rings. The summed E-state index contributed by atoms with van der Waals surface area (Å²) < 4.78 is 2.26. The molecule has 10 aromatic carbocycles. The van der Waals surface area contributed by atoms with Gasteiger partial charge in [0, 0.05) is 27.3 Å². The van der Waals surface area contributed by atoms with Crippen molar-refractivity contribution in [2.75, 3.05) is 0 Å². The Balaban J connectivity index is 1.22. The maximum absolute atomic E-state index is 5.30. The molecule has 0 saturated carbocycles. The third-order valence-electron chi connectivity index (χ3n) is 10.9. The number of fused-ring (bicyclic) bond motifs is 6. The highest BCUT2D eigenvalue weighted by molar-refractivity contribution is 6.44. The van der Waals surface area contributed by atoms with Gasteiger partial charge in [0.15, 0.2) is 11.6 Å². The maximum Gasteiger partial charge on any atom is 0.238 e. The van der Waals surface area contributed by atoms with Crippen molar-refractivity contribution in [1.29, 1.82) is 0 Å². The molecular formula is C47H26N4. The maximum atomic E-state index is 5.30. The van der Waals surface area contributed by atoms with Crippen LogP contribution in [0.15, 0.2) is 158 Å². The summed E-state index contributed by atoms with van der Waals surface area (Å²) >= 11 is 0. The van der Waals surface area contributed by atoms with Gasteiger partial charge in [0.2, 0.25) is 5.95 Å². The summed E-state index contributed by atoms with van der Waals surface area (Å²) in [6, 6.07) is 56.6. The second-order valence-electron chi connectivity index (χ2n) is 13.6. The van der Waals surface area contributed by atoms with Crippen molar-refractivity contribution in [2.45, 2.75) is 0 Å². The van der Waals surface area contributed by atoms with E-state index in [0.717, 1.165) is 32.9 Å². The molecule has 0 bridgehead atoms. The van der Waals surface area contributed by atoms with Gasteiger partial charge in [-0.3, -0.25) is 4.57 Å². The lowest BCUT2D eigenvalue weighted by atomic mass is 9.86. The number of hydrogen-bond acceptors (Lipinski definition) is 3. The van der Waals surface area contributed by atoms with E-state index in [0.29, 0.717) is 17.6 Å². The van der Waals surface area contributed by atoms with Gasteiger partial charge >= 0.3 is 0 Å². The standard InChI is InChI=1S/C47H26N4/c1-3-11-29-25-31(21-19-27(29)9-1)45-48-46(32-22-20-28-10-2-4-12-30(28)26-32)50-47(49-45)51-39-18-8-17-37-36-16-7-15-35-33-13-5-6-14-34(33)38-23-24-40(51)44(42(37)39)43(38)41(35)36/h1-26H. The van der Waals surface area contributed by atoms with Gasteiger partial charge in [-0.05, 0) is 83.5 Å². The van der Waals surface area contributed by atoms with E-state index in [9.17, 15) is 0 Å². The minimum atomic E-state index is 0.607. The Morgan fingerprint density at radius 2 is 0.804 bits per heavy atom. The first kappa shape index (κ1) is 27.0. The average molecular weight is 647 g/mol. The summed E-state index contributed by atoms with van der Waals surface area (Å²) in [5.41, 5.74) is 4.09. The van der Waals surface area contributed by atoms with E-state index in [1.165, 1.54) is 64.6 Å². The fraction of sp³-hybridized carbons (Fsp3) is 0. The van der Waals surface area contributed by atoms with Crippen molar-refractivity contribution in [3.05, 3.63) is 158 Å². The van der Waals surface area contributed by atoms with Gasteiger partial charge in [0.25, 0.3) is 0 Å². The molecule has 4 nitrogen and oxygen atoms in total. The first-order chi connectivity index (χ1) is 25.3. The highest BCUT2D eigenvalue weighted by atomic mass is 15.2. The lowest BCUT2D eigenvalue weighted by molar-refractivity contribution is 0.954. The van der Waals surface area contributed by atoms with Crippen molar-refractivity contribution in [1.82, 2.24) is 19.5 Å². The van der Waals surface area contributed by atoms with E-state index < -0.39 is 0 Å². The molecule has 12 rings (SSSR count). The lowest BCUT2D eigenvalue weighted by Gasteiger charge is -2.16. The summed E-state index contributed by atoms with van der Waals surface area (Å²) in [4.78, 5) is 15.8. The van der Waals surface area contributed by atoms with E-state index in [1.807, 2.05) is 0 Å². The first-order valence-corrected chi connectivity index (χ1v) is 17.4. The topological polar surface area (TPSA) is 43.6 Å². The molecule has 0 aliphatic rings. The molecule has 2 aromatic heterocycles. The molecule has 0 N–H and O–H groups in total. The summed E-state index contributed by atoms with van der Waals surface area (Å²) in [6.07, 6.45) is 0. The average Bonchev–Trinajstić information content (AvgIpc) is 3.55. The van der Waals surface area contributed by atoms with Crippen LogP contribution >= 0.6 is 0 Å². The van der Waals surface area contributed by atoms with Crippen molar-refractivity contribution in [3.63, 3.8) is 0 Å². The molecule has 0 saturated heterocycles. The summed E-state index contributed by atoms with van der Waals surface area (Å²) in [7, 11) is 0. The van der Waals surface area contributed by atoms with Crippen molar-refractivity contribution in [3.8, 4) is 28.7 Å². The van der Waals surface area contributed by atoms with Crippen molar-refractivity contribution < 1.29 is 0 Å². The zero-order chi connectivity index (χ0) is 33.2. The molecule has 2 heterocycles. The zero-order valence-corrected chi connectivity index (χ0v) is 27.3. The highest BCUT2D eigenvalue weighted by Gasteiger charge is 2.25. The van der Waals surface area contributed by atoms with Crippen LogP contribution in [0.4, 0.5) is 0 Å².